The van der Waals surface area contributed by atoms with Crippen molar-refractivity contribution in [2.75, 3.05) is 26.3 Å². The summed E-state index contributed by atoms with van der Waals surface area (Å²) in [5.41, 5.74) is -0.288. The Morgan fingerprint density at radius 3 is 2.79 bits per heavy atom. The number of aliphatic carboxylic acids is 1. The number of rotatable bonds is 5. The van der Waals surface area contributed by atoms with Gasteiger partial charge < -0.3 is 14.6 Å². The number of ether oxygens (including phenoxy) is 2. The maximum absolute atomic E-state index is 10.5. The number of carboxylic acids is 1. The Kier molecular flexibility index (Phi) is 4.48. The van der Waals surface area contributed by atoms with Crippen molar-refractivity contribution in [2.45, 2.75) is 51.4 Å². The zero-order valence-corrected chi connectivity index (χ0v) is 12.1. The Morgan fingerprint density at radius 2 is 2.21 bits per heavy atom. The lowest BCUT2D eigenvalue weighted by atomic mass is 9.88. The third-order valence-corrected chi connectivity index (χ3v) is 4.17. The van der Waals surface area contributed by atoms with Crippen LogP contribution in [0.25, 0.3) is 0 Å². The van der Waals surface area contributed by atoms with Gasteiger partial charge in [0.1, 0.15) is 6.61 Å². The quantitative estimate of drug-likeness (QED) is 0.818. The maximum Gasteiger partial charge on any atom is 0.329 e. The van der Waals surface area contributed by atoms with Crippen molar-refractivity contribution in [1.29, 1.82) is 0 Å². The zero-order chi connectivity index (χ0) is 14.0. The molecule has 19 heavy (non-hydrogen) atoms. The average Bonchev–Trinajstić information content (AvgIpc) is 2.33. The van der Waals surface area contributed by atoms with E-state index in [0.717, 1.165) is 32.5 Å². The van der Waals surface area contributed by atoms with Crippen molar-refractivity contribution >= 4 is 5.97 Å². The number of carboxylic acid groups (broad SMARTS) is 1. The highest BCUT2D eigenvalue weighted by atomic mass is 16.5. The minimum atomic E-state index is -0.898. The molecule has 0 saturated carbocycles. The number of nitrogens with zero attached hydrogens (tertiary/aromatic N) is 1. The van der Waals surface area contributed by atoms with E-state index in [9.17, 15) is 4.79 Å². The van der Waals surface area contributed by atoms with Gasteiger partial charge in [-0.1, -0.05) is 13.8 Å². The summed E-state index contributed by atoms with van der Waals surface area (Å²) in [6.07, 6.45) is 2.50. The second kappa shape index (κ2) is 5.77. The first kappa shape index (κ1) is 14.8. The van der Waals surface area contributed by atoms with Crippen LogP contribution in [0, 0.1) is 5.92 Å². The standard InChI is InChI=1S/C14H25NO4/c1-10(2)12-6-11(4-5-18-12)15-8-14(3,9-15)19-7-13(16)17/h10-12H,4-9H2,1-3H3,(H,16,17). The molecule has 2 unspecified atom stereocenters. The average molecular weight is 271 g/mol. The lowest BCUT2D eigenvalue weighted by Crippen LogP contribution is -2.65. The fraction of sp³-hybridized carbons (Fsp3) is 0.929. The molecule has 2 saturated heterocycles. The maximum atomic E-state index is 10.5. The molecule has 1 N–H and O–H groups in total. The van der Waals surface area contributed by atoms with Crippen molar-refractivity contribution in [3.05, 3.63) is 0 Å². The Labute approximate surface area is 114 Å². The second-order valence-corrected chi connectivity index (χ2v) is 6.37. The van der Waals surface area contributed by atoms with Crippen molar-refractivity contribution in [1.82, 2.24) is 4.90 Å². The molecule has 0 aliphatic carbocycles. The van der Waals surface area contributed by atoms with Crippen molar-refractivity contribution in [3.8, 4) is 0 Å². The fourth-order valence-corrected chi connectivity index (χ4v) is 3.00. The Morgan fingerprint density at radius 1 is 1.53 bits per heavy atom. The molecule has 5 heteroatoms. The largest absolute Gasteiger partial charge is 0.480 e. The van der Waals surface area contributed by atoms with E-state index in [0.29, 0.717) is 18.1 Å². The molecule has 2 aliphatic rings. The summed E-state index contributed by atoms with van der Waals surface area (Å²) in [5, 5.41) is 8.65. The number of likely N-dealkylation sites (tertiary alicyclic amines) is 1. The number of carbonyl (C=O) groups is 1. The van der Waals surface area contributed by atoms with Crippen molar-refractivity contribution in [2.24, 2.45) is 5.92 Å². The van der Waals surface area contributed by atoms with Gasteiger partial charge in [0.15, 0.2) is 0 Å². The molecule has 0 amide bonds. The third-order valence-electron chi connectivity index (χ3n) is 4.17. The monoisotopic (exact) mass is 271 g/mol. The molecule has 2 aliphatic heterocycles. The molecule has 0 aromatic heterocycles. The third kappa shape index (κ3) is 3.68. The minimum absolute atomic E-state index is 0.202. The summed E-state index contributed by atoms with van der Waals surface area (Å²) in [4.78, 5) is 12.9. The van der Waals surface area contributed by atoms with Gasteiger partial charge in [-0.05, 0) is 25.7 Å². The van der Waals surface area contributed by atoms with Gasteiger partial charge in [-0.15, -0.1) is 0 Å². The van der Waals surface area contributed by atoms with Crippen LogP contribution in [0.2, 0.25) is 0 Å². The van der Waals surface area contributed by atoms with Crippen LogP contribution in [0.3, 0.4) is 0 Å². The van der Waals surface area contributed by atoms with Gasteiger partial charge >= 0.3 is 5.97 Å². The predicted molar refractivity (Wildman–Crippen MR) is 71.2 cm³/mol. The van der Waals surface area contributed by atoms with E-state index < -0.39 is 5.97 Å². The molecular formula is C14H25NO4. The van der Waals surface area contributed by atoms with Gasteiger partial charge in [0.25, 0.3) is 0 Å². The van der Waals surface area contributed by atoms with E-state index >= 15 is 0 Å². The molecule has 5 nitrogen and oxygen atoms in total. The van der Waals surface area contributed by atoms with Crippen LogP contribution in [-0.2, 0) is 14.3 Å². The summed E-state index contributed by atoms with van der Waals surface area (Å²) in [6.45, 7) is 8.67. The van der Waals surface area contributed by atoms with Gasteiger partial charge in [0.2, 0.25) is 0 Å². The van der Waals surface area contributed by atoms with E-state index in [1.165, 1.54) is 0 Å². The van der Waals surface area contributed by atoms with Crippen molar-refractivity contribution < 1.29 is 19.4 Å². The number of hydrogen-bond acceptors (Lipinski definition) is 4. The van der Waals surface area contributed by atoms with E-state index in [2.05, 4.69) is 18.7 Å². The van der Waals surface area contributed by atoms with Crippen LogP contribution >= 0.6 is 0 Å². The molecule has 0 radical (unpaired) electrons. The summed E-state index contributed by atoms with van der Waals surface area (Å²) in [5.74, 6) is -0.343. The van der Waals surface area contributed by atoms with E-state index in [1.54, 1.807) is 0 Å². The lowest BCUT2D eigenvalue weighted by molar-refractivity contribution is -0.176. The predicted octanol–water partition coefficient (Wildman–Crippen LogP) is 1.37. The molecule has 2 fully saturated rings. The smallest absolute Gasteiger partial charge is 0.329 e. The summed E-state index contributed by atoms with van der Waals surface area (Å²) < 4.78 is 11.2. The van der Waals surface area contributed by atoms with Gasteiger partial charge in [-0.3, -0.25) is 4.90 Å². The lowest BCUT2D eigenvalue weighted by Gasteiger charge is -2.52. The molecule has 2 heterocycles. The van der Waals surface area contributed by atoms with Crippen LogP contribution in [0.5, 0.6) is 0 Å². The van der Waals surface area contributed by atoms with E-state index in [4.69, 9.17) is 14.6 Å². The molecule has 110 valence electrons. The SMILES string of the molecule is CC(C)C1CC(N2CC(C)(OCC(=O)O)C2)CCO1. The molecule has 0 aromatic carbocycles. The first-order chi connectivity index (χ1) is 8.89. The van der Waals surface area contributed by atoms with Gasteiger partial charge in [0.05, 0.1) is 11.7 Å². The topological polar surface area (TPSA) is 59.0 Å². The van der Waals surface area contributed by atoms with Gasteiger partial charge in [0, 0.05) is 25.7 Å². The van der Waals surface area contributed by atoms with Gasteiger partial charge in [-0.2, -0.15) is 0 Å². The Balaban J connectivity index is 1.78. The zero-order valence-electron chi connectivity index (χ0n) is 12.1. The van der Waals surface area contributed by atoms with E-state index in [-0.39, 0.29) is 12.2 Å². The highest BCUT2D eigenvalue weighted by Crippen LogP contribution is 2.32. The Bertz CT molecular complexity index is 325. The molecule has 0 spiro atoms. The molecule has 2 atom stereocenters. The first-order valence-electron chi connectivity index (χ1n) is 7.11. The van der Waals surface area contributed by atoms with Crippen LogP contribution in [0.4, 0.5) is 0 Å². The van der Waals surface area contributed by atoms with Crippen LogP contribution < -0.4 is 0 Å². The Hall–Kier alpha value is -0.650. The van der Waals surface area contributed by atoms with Gasteiger partial charge in [-0.25, -0.2) is 4.79 Å². The second-order valence-electron chi connectivity index (χ2n) is 6.37. The van der Waals surface area contributed by atoms with Crippen molar-refractivity contribution in [3.63, 3.8) is 0 Å². The molecule has 0 aromatic rings. The first-order valence-corrected chi connectivity index (χ1v) is 7.11. The van der Waals surface area contributed by atoms with Crippen LogP contribution in [0.15, 0.2) is 0 Å². The fourth-order valence-electron chi connectivity index (χ4n) is 3.00. The molecule has 0 bridgehead atoms. The highest BCUT2D eigenvalue weighted by Gasteiger charge is 2.44. The summed E-state index contributed by atoms with van der Waals surface area (Å²) in [7, 11) is 0. The highest BCUT2D eigenvalue weighted by molar-refractivity contribution is 5.68. The minimum Gasteiger partial charge on any atom is -0.480 e. The molecular weight excluding hydrogens is 246 g/mol. The summed E-state index contributed by atoms with van der Waals surface area (Å²) in [6, 6.07) is 0.558. The normalized spacial score (nSPS) is 31.2. The van der Waals surface area contributed by atoms with E-state index in [1.807, 2.05) is 6.92 Å². The summed E-state index contributed by atoms with van der Waals surface area (Å²) >= 11 is 0. The number of hydrogen-bond donors (Lipinski definition) is 1. The van der Waals surface area contributed by atoms with Crippen LogP contribution in [-0.4, -0.2) is 60.0 Å². The van der Waals surface area contributed by atoms with Crippen LogP contribution in [0.1, 0.15) is 33.6 Å². The molecule has 2 rings (SSSR count).